The lowest BCUT2D eigenvalue weighted by Crippen LogP contribution is -2.49. The average Bonchev–Trinajstić information content (AvgIpc) is 3.51. The fourth-order valence-corrected chi connectivity index (χ4v) is 5.53. The molecular formula is C31H36N4O6S. The molecule has 10 nitrogen and oxygen atoms in total. The summed E-state index contributed by atoms with van der Waals surface area (Å²) in [5, 5.41) is 17.0. The van der Waals surface area contributed by atoms with E-state index in [0.717, 1.165) is 10.4 Å². The number of rotatable bonds is 8. The number of carboxylic acid groups (broad SMARTS) is 1. The van der Waals surface area contributed by atoms with Crippen molar-refractivity contribution in [1.82, 2.24) is 10.2 Å². The summed E-state index contributed by atoms with van der Waals surface area (Å²) in [6.45, 7) is 8.19. The molecule has 0 saturated carbocycles. The highest BCUT2D eigenvalue weighted by molar-refractivity contribution is 7.10. The number of ether oxygens (including phenoxy) is 1. The zero-order chi connectivity index (χ0) is 30.4. The van der Waals surface area contributed by atoms with E-state index >= 15 is 0 Å². The third-order valence-corrected chi connectivity index (χ3v) is 8.13. The number of piperazine rings is 1. The lowest BCUT2D eigenvalue weighted by Gasteiger charge is -2.36. The van der Waals surface area contributed by atoms with Gasteiger partial charge in [-0.15, -0.1) is 11.3 Å². The minimum absolute atomic E-state index is 0.0577. The summed E-state index contributed by atoms with van der Waals surface area (Å²) in [6.07, 6.45) is -0.654. The van der Waals surface area contributed by atoms with Crippen molar-refractivity contribution in [2.24, 2.45) is 0 Å². The van der Waals surface area contributed by atoms with Crippen molar-refractivity contribution in [1.29, 1.82) is 0 Å². The normalized spacial score (nSPS) is 14.2. The van der Waals surface area contributed by atoms with E-state index in [-0.39, 0.29) is 23.3 Å². The van der Waals surface area contributed by atoms with E-state index in [4.69, 9.17) is 4.74 Å². The highest BCUT2D eigenvalue weighted by Gasteiger charge is 2.26. The number of benzene rings is 2. The predicted octanol–water partition coefficient (Wildman–Crippen LogP) is 5.13. The second-order valence-corrected chi connectivity index (χ2v) is 12.1. The van der Waals surface area contributed by atoms with Gasteiger partial charge in [-0.2, -0.15) is 0 Å². The Morgan fingerprint density at radius 2 is 1.62 bits per heavy atom. The lowest BCUT2D eigenvalue weighted by molar-refractivity contribution is -0.137. The molecule has 2 aromatic carbocycles. The first kappa shape index (κ1) is 30.6. The minimum Gasteiger partial charge on any atom is -0.481 e. The molecule has 1 atom stereocenters. The number of carbonyl (C=O) groups excluding carboxylic acids is 3. The van der Waals surface area contributed by atoms with E-state index in [9.17, 15) is 24.3 Å². The maximum Gasteiger partial charge on any atom is 0.409 e. The van der Waals surface area contributed by atoms with Gasteiger partial charge in [0, 0.05) is 42.2 Å². The third-order valence-electron chi connectivity index (χ3n) is 7.14. The van der Waals surface area contributed by atoms with Crippen molar-refractivity contribution in [3.05, 3.63) is 81.5 Å². The number of amides is 3. The van der Waals surface area contributed by atoms with Gasteiger partial charge in [-0.05, 0) is 52.8 Å². The smallest absolute Gasteiger partial charge is 0.409 e. The quantitative estimate of drug-likeness (QED) is 0.331. The number of anilines is 2. The van der Waals surface area contributed by atoms with E-state index in [1.165, 1.54) is 18.4 Å². The standard InChI is InChI=1S/C31H36N4O6S/c1-31(2,3)22-10-7-20(8-11-22)28(38)32-23-18-21(29(39)33-24(19-27(36)37)26-6-5-17-42-26)9-12-25(23)34-13-15-35(16-14-34)30(40)41-4/h5-12,17-18,24H,13-16,19H2,1-4H3,(H,32,38)(H,33,39)(H,36,37). The van der Waals surface area contributed by atoms with Crippen LogP contribution in [0.2, 0.25) is 0 Å². The molecule has 1 unspecified atom stereocenters. The number of aliphatic carboxylic acids is 1. The fraction of sp³-hybridized carbons (Fsp3) is 0.355. The van der Waals surface area contributed by atoms with Gasteiger partial charge in [0.2, 0.25) is 0 Å². The van der Waals surface area contributed by atoms with Gasteiger partial charge in [0.1, 0.15) is 0 Å². The van der Waals surface area contributed by atoms with Crippen LogP contribution in [0.4, 0.5) is 16.2 Å². The average molecular weight is 593 g/mol. The Bertz CT molecular complexity index is 1420. The van der Waals surface area contributed by atoms with Gasteiger partial charge in [0.25, 0.3) is 11.8 Å². The molecule has 1 aliphatic rings. The fourth-order valence-electron chi connectivity index (χ4n) is 4.76. The maximum absolute atomic E-state index is 13.4. The number of hydrogen-bond acceptors (Lipinski definition) is 7. The van der Waals surface area contributed by atoms with Crippen molar-refractivity contribution in [3.8, 4) is 0 Å². The van der Waals surface area contributed by atoms with Crippen LogP contribution in [0.1, 0.15) is 64.4 Å². The summed E-state index contributed by atoms with van der Waals surface area (Å²) in [5.74, 6) is -1.81. The van der Waals surface area contributed by atoms with Gasteiger partial charge in [0.05, 0.1) is 30.9 Å². The number of methoxy groups -OCH3 is 1. The van der Waals surface area contributed by atoms with Crippen molar-refractivity contribution in [2.45, 2.75) is 38.6 Å². The summed E-state index contributed by atoms with van der Waals surface area (Å²) in [6, 6.07) is 15.3. The van der Waals surface area contributed by atoms with Crippen molar-refractivity contribution < 1.29 is 29.0 Å². The van der Waals surface area contributed by atoms with Crippen LogP contribution in [0, 0.1) is 0 Å². The summed E-state index contributed by atoms with van der Waals surface area (Å²) in [4.78, 5) is 54.5. The van der Waals surface area contributed by atoms with Crippen LogP contribution < -0.4 is 15.5 Å². The van der Waals surface area contributed by atoms with Crippen LogP contribution >= 0.6 is 11.3 Å². The topological polar surface area (TPSA) is 128 Å². The van der Waals surface area contributed by atoms with Crippen LogP contribution in [-0.4, -0.2) is 67.2 Å². The molecule has 1 aliphatic heterocycles. The number of nitrogens with zero attached hydrogens (tertiary/aromatic N) is 2. The summed E-state index contributed by atoms with van der Waals surface area (Å²) < 4.78 is 4.84. The zero-order valence-electron chi connectivity index (χ0n) is 24.2. The molecule has 0 bridgehead atoms. The molecule has 2 heterocycles. The zero-order valence-corrected chi connectivity index (χ0v) is 25.0. The Morgan fingerprint density at radius 1 is 0.952 bits per heavy atom. The van der Waals surface area contributed by atoms with E-state index < -0.39 is 24.0 Å². The molecule has 0 spiro atoms. The van der Waals surface area contributed by atoms with Gasteiger partial charge in [-0.3, -0.25) is 14.4 Å². The van der Waals surface area contributed by atoms with E-state index in [1.54, 1.807) is 47.4 Å². The van der Waals surface area contributed by atoms with Gasteiger partial charge in [0.15, 0.2) is 0 Å². The first-order valence-corrected chi connectivity index (χ1v) is 14.5. The molecule has 222 valence electrons. The van der Waals surface area contributed by atoms with Crippen LogP contribution in [0.5, 0.6) is 0 Å². The van der Waals surface area contributed by atoms with E-state index in [2.05, 4.69) is 31.4 Å². The molecule has 0 radical (unpaired) electrons. The summed E-state index contributed by atoms with van der Waals surface area (Å²) in [7, 11) is 1.35. The van der Waals surface area contributed by atoms with E-state index in [0.29, 0.717) is 43.1 Å². The van der Waals surface area contributed by atoms with Crippen LogP contribution in [0.3, 0.4) is 0 Å². The van der Waals surface area contributed by atoms with Gasteiger partial charge < -0.3 is 30.3 Å². The summed E-state index contributed by atoms with van der Waals surface area (Å²) in [5.41, 5.74) is 2.93. The molecule has 4 rings (SSSR count). The second kappa shape index (κ2) is 13.1. The highest BCUT2D eigenvalue weighted by atomic mass is 32.1. The first-order chi connectivity index (χ1) is 20.0. The number of carbonyl (C=O) groups is 4. The summed E-state index contributed by atoms with van der Waals surface area (Å²) >= 11 is 1.37. The van der Waals surface area contributed by atoms with Crippen LogP contribution in [-0.2, 0) is 14.9 Å². The Morgan fingerprint density at radius 3 is 2.19 bits per heavy atom. The largest absolute Gasteiger partial charge is 0.481 e. The minimum atomic E-state index is -1.03. The first-order valence-electron chi connectivity index (χ1n) is 13.7. The Kier molecular flexibility index (Phi) is 9.52. The van der Waals surface area contributed by atoms with Gasteiger partial charge in [-0.1, -0.05) is 39.0 Å². The number of nitrogens with one attached hydrogen (secondary N) is 2. The molecule has 3 N–H and O–H groups in total. The Balaban J connectivity index is 1.61. The molecule has 0 aliphatic carbocycles. The number of thiophene rings is 1. The molecule has 1 aromatic heterocycles. The number of hydrogen-bond donors (Lipinski definition) is 3. The lowest BCUT2D eigenvalue weighted by atomic mass is 9.87. The molecule has 42 heavy (non-hydrogen) atoms. The van der Waals surface area contributed by atoms with Gasteiger partial charge in [-0.25, -0.2) is 4.79 Å². The van der Waals surface area contributed by atoms with Gasteiger partial charge >= 0.3 is 12.1 Å². The number of carboxylic acids is 1. The monoisotopic (exact) mass is 592 g/mol. The van der Waals surface area contributed by atoms with Crippen LogP contribution in [0.15, 0.2) is 60.0 Å². The Hall–Kier alpha value is -4.38. The third kappa shape index (κ3) is 7.47. The highest BCUT2D eigenvalue weighted by Crippen LogP contribution is 2.30. The SMILES string of the molecule is COC(=O)N1CCN(c2ccc(C(=O)NC(CC(=O)O)c3cccs3)cc2NC(=O)c2ccc(C(C)(C)C)cc2)CC1. The van der Waals surface area contributed by atoms with Crippen molar-refractivity contribution in [3.63, 3.8) is 0 Å². The second-order valence-electron chi connectivity index (χ2n) is 11.1. The molecule has 3 aromatic rings. The maximum atomic E-state index is 13.4. The van der Waals surface area contributed by atoms with Crippen molar-refractivity contribution >= 4 is 46.6 Å². The molecule has 11 heteroatoms. The van der Waals surface area contributed by atoms with E-state index in [1.807, 2.05) is 22.4 Å². The van der Waals surface area contributed by atoms with Crippen molar-refractivity contribution in [2.75, 3.05) is 43.5 Å². The molecular weight excluding hydrogens is 556 g/mol. The predicted molar refractivity (Wildman–Crippen MR) is 163 cm³/mol. The molecule has 1 saturated heterocycles. The Labute approximate surface area is 249 Å². The molecule has 1 fully saturated rings. The molecule has 3 amide bonds. The van der Waals surface area contributed by atoms with Crippen LogP contribution in [0.25, 0.3) is 0 Å².